The molecule has 0 bridgehead atoms. The van der Waals surface area contributed by atoms with Gasteiger partial charge in [-0.05, 0) is 11.6 Å². The molecule has 6 heteroatoms. The summed E-state index contributed by atoms with van der Waals surface area (Å²) in [5.74, 6) is 0. The van der Waals surface area contributed by atoms with Crippen LogP contribution in [0.2, 0.25) is 10.2 Å². The van der Waals surface area contributed by atoms with Crippen molar-refractivity contribution < 1.29 is 8.78 Å². The number of rotatable bonds is 2. The van der Waals surface area contributed by atoms with E-state index in [0.29, 0.717) is 5.56 Å². The Bertz CT molecular complexity index is 320. The monoisotopic (exact) mass is 289 g/mol. The summed E-state index contributed by atoms with van der Waals surface area (Å²) in [5.41, 5.74) is 0.0238. The van der Waals surface area contributed by atoms with E-state index in [1.54, 1.807) is 0 Å². The van der Waals surface area contributed by atoms with Gasteiger partial charge in [-0.25, -0.2) is 13.8 Å². The number of alkyl halides is 3. The van der Waals surface area contributed by atoms with Gasteiger partial charge in [0.25, 0.3) is 6.43 Å². The molecule has 0 radical (unpaired) electrons. The summed E-state index contributed by atoms with van der Waals surface area (Å²) >= 11 is 14.2. The molecular weight excluding hydrogens is 287 g/mol. The molecule has 0 unspecified atom stereocenters. The summed E-state index contributed by atoms with van der Waals surface area (Å²) in [6.45, 7) is 0. The number of pyridine rings is 1. The zero-order valence-corrected chi connectivity index (χ0v) is 9.30. The van der Waals surface area contributed by atoms with Gasteiger partial charge in [0.1, 0.15) is 10.8 Å². The Morgan fingerprint density at radius 2 is 2.08 bits per heavy atom. The molecule has 1 aromatic rings. The van der Waals surface area contributed by atoms with Crippen molar-refractivity contribution in [3.05, 3.63) is 27.5 Å². The molecule has 0 saturated carbocycles. The summed E-state index contributed by atoms with van der Waals surface area (Å²) in [6, 6.07) is 1.38. The minimum Gasteiger partial charge on any atom is -0.233 e. The SMILES string of the molecule is FC(F)c1nc(Cl)c(Cl)cc1CBr. The third kappa shape index (κ3) is 2.51. The van der Waals surface area contributed by atoms with Gasteiger partial charge in [0.05, 0.1) is 5.02 Å². The van der Waals surface area contributed by atoms with Crippen LogP contribution in [0.3, 0.4) is 0 Å². The van der Waals surface area contributed by atoms with Gasteiger partial charge in [0.2, 0.25) is 0 Å². The zero-order chi connectivity index (χ0) is 10.0. The van der Waals surface area contributed by atoms with Crippen molar-refractivity contribution in [2.45, 2.75) is 11.8 Å². The highest BCUT2D eigenvalue weighted by atomic mass is 79.9. The maximum absolute atomic E-state index is 12.3. The molecule has 0 fully saturated rings. The van der Waals surface area contributed by atoms with E-state index in [4.69, 9.17) is 23.2 Å². The maximum atomic E-state index is 12.3. The van der Waals surface area contributed by atoms with Gasteiger partial charge in [-0.3, -0.25) is 0 Å². The fourth-order valence-electron chi connectivity index (χ4n) is 0.813. The van der Waals surface area contributed by atoms with Crippen LogP contribution in [0.4, 0.5) is 8.78 Å². The van der Waals surface area contributed by atoms with Gasteiger partial charge in [-0.2, -0.15) is 0 Å². The lowest BCUT2D eigenvalue weighted by atomic mass is 10.2. The number of hydrogen-bond acceptors (Lipinski definition) is 1. The molecule has 1 heterocycles. The Morgan fingerprint density at radius 3 is 2.54 bits per heavy atom. The average molecular weight is 291 g/mol. The molecule has 0 aromatic carbocycles. The van der Waals surface area contributed by atoms with E-state index >= 15 is 0 Å². The molecule has 0 atom stereocenters. The minimum absolute atomic E-state index is 0.0957. The van der Waals surface area contributed by atoms with E-state index in [9.17, 15) is 8.78 Å². The van der Waals surface area contributed by atoms with Crippen molar-refractivity contribution in [2.75, 3.05) is 0 Å². The second-order valence-corrected chi connectivity index (χ2v) is 3.57. The molecular formula is C7H4BrCl2F2N. The van der Waals surface area contributed by atoms with Gasteiger partial charge >= 0.3 is 0 Å². The van der Waals surface area contributed by atoms with Crippen LogP contribution in [0, 0.1) is 0 Å². The first-order valence-electron chi connectivity index (χ1n) is 3.25. The molecule has 1 nitrogen and oxygen atoms in total. The van der Waals surface area contributed by atoms with Crippen molar-refractivity contribution in [1.82, 2.24) is 4.98 Å². The summed E-state index contributed by atoms with van der Waals surface area (Å²) in [4.78, 5) is 3.50. The summed E-state index contributed by atoms with van der Waals surface area (Å²) in [7, 11) is 0. The zero-order valence-electron chi connectivity index (χ0n) is 6.20. The predicted molar refractivity (Wildman–Crippen MR) is 51.8 cm³/mol. The highest BCUT2D eigenvalue weighted by molar-refractivity contribution is 9.08. The molecule has 0 saturated heterocycles. The van der Waals surface area contributed by atoms with E-state index in [1.807, 2.05) is 0 Å². The van der Waals surface area contributed by atoms with Gasteiger partial charge in [-0.15, -0.1) is 0 Å². The highest BCUT2D eigenvalue weighted by Gasteiger charge is 2.16. The second-order valence-electron chi connectivity index (χ2n) is 2.24. The van der Waals surface area contributed by atoms with Crippen LogP contribution in [-0.2, 0) is 5.33 Å². The molecule has 1 rings (SSSR count). The molecule has 0 aliphatic carbocycles. The van der Waals surface area contributed by atoms with Crippen LogP contribution in [0.25, 0.3) is 0 Å². The van der Waals surface area contributed by atoms with Crippen molar-refractivity contribution in [2.24, 2.45) is 0 Å². The maximum Gasteiger partial charge on any atom is 0.280 e. The van der Waals surface area contributed by atoms with Gasteiger partial charge in [-0.1, -0.05) is 39.1 Å². The van der Waals surface area contributed by atoms with E-state index in [0.717, 1.165) is 0 Å². The van der Waals surface area contributed by atoms with Crippen molar-refractivity contribution in [1.29, 1.82) is 0 Å². The molecule has 0 spiro atoms. The Hall–Kier alpha value is 0.0700. The molecule has 1 aromatic heterocycles. The Morgan fingerprint density at radius 1 is 1.46 bits per heavy atom. The fourth-order valence-corrected chi connectivity index (χ4v) is 1.58. The van der Waals surface area contributed by atoms with Gasteiger partial charge in [0.15, 0.2) is 0 Å². The molecule has 0 aliphatic rings. The molecule has 0 N–H and O–H groups in total. The van der Waals surface area contributed by atoms with Crippen LogP contribution in [0.15, 0.2) is 6.07 Å². The Kier molecular flexibility index (Phi) is 3.88. The summed E-state index contributed by atoms with van der Waals surface area (Å²) in [5, 5.41) is 0.360. The first-order valence-corrected chi connectivity index (χ1v) is 5.13. The van der Waals surface area contributed by atoms with Crippen molar-refractivity contribution in [3.63, 3.8) is 0 Å². The van der Waals surface area contributed by atoms with Crippen LogP contribution >= 0.6 is 39.1 Å². The molecule has 0 amide bonds. The predicted octanol–water partition coefficient (Wildman–Crippen LogP) is 4.22. The number of nitrogens with zero attached hydrogens (tertiary/aromatic N) is 1. The van der Waals surface area contributed by atoms with Crippen molar-refractivity contribution in [3.8, 4) is 0 Å². The lowest BCUT2D eigenvalue weighted by Gasteiger charge is -2.06. The minimum atomic E-state index is -2.64. The smallest absolute Gasteiger partial charge is 0.233 e. The van der Waals surface area contributed by atoms with E-state index in [1.165, 1.54) is 6.07 Å². The summed E-state index contributed by atoms with van der Waals surface area (Å²) in [6.07, 6.45) is -2.64. The third-order valence-corrected chi connectivity index (χ3v) is 2.67. The molecule has 72 valence electrons. The van der Waals surface area contributed by atoms with Gasteiger partial charge in [0, 0.05) is 5.33 Å². The average Bonchev–Trinajstić information content (AvgIpc) is 2.08. The van der Waals surface area contributed by atoms with Crippen LogP contribution in [0.5, 0.6) is 0 Å². The largest absolute Gasteiger partial charge is 0.280 e. The summed E-state index contributed by atoms with van der Waals surface area (Å²) < 4.78 is 24.7. The van der Waals surface area contributed by atoms with Crippen molar-refractivity contribution >= 4 is 39.1 Å². The highest BCUT2D eigenvalue weighted by Crippen LogP contribution is 2.29. The Balaban J connectivity index is 3.25. The number of halogens is 5. The molecule has 13 heavy (non-hydrogen) atoms. The van der Waals surface area contributed by atoms with Crippen LogP contribution in [-0.4, -0.2) is 4.98 Å². The number of hydrogen-bond donors (Lipinski definition) is 0. The van der Waals surface area contributed by atoms with Crippen LogP contribution < -0.4 is 0 Å². The Labute approximate surface area is 92.2 Å². The van der Waals surface area contributed by atoms with E-state index in [-0.39, 0.29) is 21.2 Å². The van der Waals surface area contributed by atoms with E-state index in [2.05, 4.69) is 20.9 Å². The van der Waals surface area contributed by atoms with Gasteiger partial charge < -0.3 is 0 Å². The topological polar surface area (TPSA) is 12.9 Å². The standard InChI is InChI=1S/C7H4BrCl2F2N/c8-2-3-1-4(9)6(10)13-5(3)7(11)12/h1,7H,2H2. The normalized spacial score (nSPS) is 10.9. The first-order chi connectivity index (χ1) is 6.06. The second kappa shape index (κ2) is 4.53. The quantitative estimate of drug-likeness (QED) is 0.587. The lowest BCUT2D eigenvalue weighted by Crippen LogP contribution is -1.97. The lowest BCUT2D eigenvalue weighted by molar-refractivity contribution is 0.145. The number of aromatic nitrogens is 1. The third-order valence-electron chi connectivity index (χ3n) is 1.40. The van der Waals surface area contributed by atoms with Crippen LogP contribution in [0.1, 0.15) is 17.7 Å². The first kappa shape index (κ1) is 11.1. The fraction of sp³-hybridized carbons (Fsp3) is 0.286. The molecule has 0 aliphatic heterocycles. The van der Waals surface area contributed by atoms with E-state index < -0.39 is 6.43 Å².